The number of thiophene rings is 1. The van der Waals surface area contributed by atoms with Gasteiger partial charge in [0.05, 0.1) is 16.3 Å². The van der Waals surface area contributed by atoms with Crippen LogP contribution in [0.4, 0.5) is 18.9 Å². The zero-order valence-corrected chi connectivity index (χ0v) is 17.3. The van der Waals surface area contributed by atoms with Crippen LogP contribution in [0.3, 0.4) is 0 Å². The number of rotatable bonds is 5. The molecule has 4 aromatic rings. The summed E-state index contributed by atoms with van der Waals surface area (Å²) < 4.78 is 41.0. The van der Waals surface area contributed by atoms with Crippen LogP contribution in [0.25, 0.3) is 16.3 Å². The van der Waals surface area contributed by atoms with Crippen molar-refractivity contribution < 1.29 is 18.0 Å². The number of halogens is 3. The maximum atomic E-state index is 13.3. The highest BCUT2D eigenvalue weighted by atomic mass is 32.1. The van der Waals surface area contributed by atoms with Crippen LogP contribution in [0, 0.1) is 0 Å². The summed E-state index contributed by atoms with van der Waals surface area (Å²) in [5, 5.41) is 8.45. The number of aromatic nitrogens is 2. The van der Waals surface area contributed by atoms with Gasteiger partial charge in [-0.15, -0.1) is 11.3 Å². The summed E-state index contributed by atoms with van der Waals surface area (Å²) >= 11 is 1.33. The van der Waals surface area contributed by atoms with E-state index in [0.29, 0.717) is 21.8 Å². The molecule has 0 bridgehead atoms. The summed E-state index contributed by atoms with van der Waals surface area (Å²) in [5.74, 6) is -0.289. The number of carbonyl (C=O) groups excluding carboxylic acids is 1. The van der Waals surface area contributed by atoms with E-state index in [1.54, 1.807) is 41.8 Å². The van der Waals surface area contributed by atoms with Crippen molar-refractivity contribution in [2.24, 2.45) is 0 Å². The number of nitrogens with zero attached hydrogens (tertiary/aromatic N) is 2. The molecule has 0 saturated carbocycles. The van der Waals surface area contributed by atoms with Gasteiger partial charge in [-0.05, 0) is 59.8 Å². The van der Waals surface area contributed by atoms with Gasteiger partial charge in [0.25, 0.3) is 5.91 Å². The van der Waals surface area contributed by atoms with Gasteiger partial charge in [-0.1, -0.05) is 31.2 Å². The van der Waals surface area contributed by atoms with E-state index in [-0.39, 0.29) is 5.91 Å². The van der Waals surface area contributed by atoms with Crippen LogP contribution in [0.1, 0.15) is 28.5 Å². The smallest absolute Gasteiger partial charge is 0.322 e. The number of para-hydroxylation sites is 1. The molecule has 4 nitrogen and oxygen atoms in total. The largest absolute Gasteiger partial charge is 0.435 e. The van der Waals surface area contributed by atoms with E-state index in [9.17, 15) is 18.0 Å². The predicted octanol–water partition coefficient (Wildman–Crippen LogP) is 6.43. The van der Waals surface area contributed by atoms with Crippen LogP contribution in [-0.4, -0.2) is 15.7 Å². The van der Waals surface area contributed by atoms with Gasteiger partial charge in [-0.3, -0.25) is 4.79 Å². The van der Waals surface area contributed by atoms with E-state index in [1.807, 2.05) is 31.2 Å². The van der Waals surface area contributed by atoms with E-state index in [0.717, 1.165) is 23.7 Å². The van der Waals surface area contributed by atoms with Crippen LogP contribution in [0.2, 0.25) is 0 Å². The van der Waals surface area contributed by atoms with Crippen molar-refractivity contribution in [1.29, 1.82) is 0 Å². The Labute approximate surface area is 181 Å². The highest BCUT2D eigenvalue weighted by Crippen LogP contribution is 2.34. The van der Waals surface area contributed by atoms with Crippen molar-refractivity contribution in [2.75, 3.05) is 5.32 Å². The Bertz CT molecular complexity index is 1200. The molecule has 0 fully saturated rings. The average Bonchev–Trinajstić information content (AvgIpc) is 3.44. The Kier molecular flexibility index (Phi) is 5.65. The molecular weight excluding hydrogens is 423 g/mol. The zero-order valence-electron chi connectivity index (χ0n) is 16.5. The van der Waals surface area contributed by atoms with Gasteiger partial charge in [0.1, 0.15) is 0 Å². The van der Waals surface area contributed by atoms with Gasteiger partial charge >= 0.3 is 6.18 Å². The molecule has 0 spiro atoms. The zero-order chi connectivity index (χ0) is 22.0. The molecule has 1 amide bonds. The minimum absolute atomic E-state index is 0.289. The average molecular weight is 441 g/mol. The van der Waals surface area contributed by atoms with Crippen LogP contribution >= 0.6 is 11.3 Å². The molecule has 2 aromatic carbocycles. The molecule has 0 aliphatic carbocycles. The first-order valence-corrected chi connectivity index (χ1v) is 10.5. The maximum Gasteiger partial charge on any atom is 0.435 e. The Morgan fingerprint density at radius 2 is 1.81 bits per heavy atom. The van der Waals surface area contributed by atoms with Crippen LogP contribution in [-0.2, 0) is 12.6 Å². The van der Waals surface area contributed by atoms with Crippen molar-refractivity contribution in [3.05, 3.63) is 88.9 Å². The second-order valence-corrected chi connectivity index (χ2v) is 7.76. The first kappa shape index (κ1) is 20.9. The number of hydrogen-bond donors (Lipinski definition) is 1. The number of nitrogens with one attached hydrogen (secondary N) is 1. The molecule has 0 aliphatic heterocycles. The van der Waals surface area contributed by atoms with Gasteiger partial charge < -0.3 is 5.32 Å². The summed E-state index contributed by atoms with van der Waals surface area (Å²) in [6.07, 6.45) is -3.77. The summed E-state index contributed by atoms with van der Waals surface area (Å²) in [7, 11) is 0. The topological polar surface area (TPSA) is 46.9 Å². The van der Waals surface area contributed by atoms with Crippen molar-refractivity contribution >= 4 is 22.9 Å². The molecule has 0 unspecified atom stereocenters. The van der Waals surface area contributed by atoms with Gasteiger partial charge in [0, 0.05) is 11.3 Å². The van der Waals surface area contributed by atoms with Crippen molar-refractivity contribution in [3.63, 3.8) is 0 Å². The molecule has 31 heavy (non-hydrogen) atoms. The molecule has 4 rings (SSSR count). The Morgan fingerprint density at radius 3 is 2.45 bits per heavy atom. The second-order valence-electron chi connectivity index (χ2n) is 6.81. The monoisotopic (exact) mass is 441 g/mol. The van der Waals surface area contributed by atoms with Gasteiger partial charge in [-0.25, -0.2) is 4.68 Å². The number of benzene rings is 2. The molecule has 0 saturated heterocycles. The SMILES string of the molecule is CCc1ccccc1NC(=O)c1ccc(-n2nc(C(F)(F)F)cc2-c2cccs2)cc1. The summed E-state index contributed by atoms with van der Waals surface area (Å²) in [4.78, 5) is 13.3. The molecule has 0 atom stereocenters. The van der Waals surface area contributed by atoms with Gasteiger partial charge in [-0.2, -0.15) is 18.3 Å². The number of hydrogen-bond acceptors (Lipinski definition) is 3. The van der Waals surface area contributed by atoms with Crippen molar-refractivity contribution in [1.82, 2.24) is 9.78 Å². The lowest BCUT2D eigenvalue weighted by atomic mass is 10.1. The third kappa shape index (κ3) is 4.39. The normalized spacial score (nSPS) is 11.5. The molecule has 158 valence electrons. The third-order valence-electron chi connectivity index (χ3n) is 4.79. The number of aryl methyl sites for hydroxylation is 1. The second kappa shape index (κ2) is 8.39. The number of amides is 1. The lowest BCUT2D eigenvalue weighted by Crippen LogP contribution is -2.13. The summed E-state index contributed by atoms with van der Waals surface area (Å²) in [6.45, 7) is 2.00. The van der Waals surface area contributed by atoms with Crippen LogP contribution in [0.5, 0.6) is 0 Å². The first-order chi connectivity index (χ1) is 14.9. The minimum Gasteiger partial charge on any atom is -0.322 e. The van der Waals surface area contributed by atoms with E-state index in [1.165, 1.54) is 16.0 Å². The van der Waals surface area contributed by atoms with E-state index < -0.39 is 11.9 Å². The highest BCUT2D eigenvalue weighted by molar-refractivity contribution is 7.13. The fourth-order valence-electron chi connectivity index (χ4n) is 3.22. The summed E-state index contributed by atoms with van der Waals surface area (Å²) in [6, 6.07) is 18.4. The highest BCUT2D eigenvalue weighted by Gasteiger charge is 2.35. The number of alkyl halides is 3. The predicted molar refractivity (Wildman–Crippen MR) is 116 cm³/mol. The van der Waals surface area contributed by atoms with Gasteiger partial charge in [0.15, 0.2) is 5.69 Å². The molecule has 8 heteroatoms. The molecule has 2 heterocycles. The molecule has 1 N–H and O–H groups in total. The van der Waals surface area contributed by atoms with E-state index in [4.69, 9.17) is 0 Å². The van der Waals surface area contributed by atoms with E-state index in [2.05, 4.69) is 10.4 Å². The van der Waals surface area contributed by atoms with E-state index >= 15 is 0 Å². The lowest BCUT2D eigenvalue weighted by Gasteiger charge is -2.11. The third-order valence-corrected chi connectivity index (χ3v) is 5.69. The summed E-state index contributed by atoms with van der Waals surface area (Å²) in [5.41, 5.74) is 1.97. The number of anilines is 1. The van der Waals surface area contributed by atoms with Crippen LogP contribution < -0.4 is 5.32 Å². The Balaban J connectivity index is 1.64. The Hall–Kier alpha value is -3.39. The fourth-order valence-corrected chi connectivity index (χ4v) is 3.94. The minimum atomic E-state index is -4.55. The fraction of sp³-hybridized carbons (Fsp3) is 0.130. The molecule has 2 aromatic heterocycles. The van der Waals surface area contributed by atoms with Crippen LogP contribution in [0.15, 0.2) is 72.1 Å². The molecule has 0 radical (unpaired) electrons. The Morgan fingerprint density at radius 1 is 1.06 bits per heavy atom. The standard InChI is InChI=1S/C23H18F3N3OS/c1-2-15-6-3-4-7-18(15)27-22(30)16-9-11-17(12-10-16)29-19(20-8-5-13-31-20)14-21(28-29)23(24,25)26/h3-14H,2H2,1H3,(H,27,30). The quantitative estimate of drug-likeness (QED) is 0.388. The lowest BCUT2D eigenvalue weighted by molar-refractivity contribution is -0.141. The van der Waals surface area contributed by atoms with Crippen molar-refractivity contribution in [3.8, 4) is 16.3 Å². The first-order valence-electron chi connectivity index (χ1n) is 9.57. The maximum absolute atomic E-state index is 13.3. The molecular formula is C23H18F3N3OS. The van der Waals surface area contributed by atoms with Gasteiger partial charge in [0.2, 0.25) is 0 Å². The van der Waals surface area contributed by atoms with Crippen molar-refractivity contribution in [2.45, 2.75) is 19.5 Å². The molecule has 0 aliphatic rings. The number of carbonyl (C=O) groups is 1.